The van der Waals surface area contributed by atoms with Crippen LogP contribution in [0.25, 0.3) is 0 Å². The molecule has 0 radical (unpaired) electrons. The van der Waals surface area contributed by atoms with Gasteiger partial charge in [-0.3, -0.25) is 14.6 Å². The van der Waals surface area contributed by atoms with E-state index in [1.165, 1.54) is 11.1 Å². The number of amides is 2. The maximum Gasteiger partial charge on any atom is 0.273 e. The lowest BCUT2D eigenvalue weighted by atomic mass is 9.82. The van der Waals surface area contributed by atoms with E-state index in [0.29, 0.717) is 11.5 Å². The van der Waals surface area contributed by atoms with Crippen LogP contribution in [-0.4, -0.2) is 59.4 Å². The molecular weight excluding hydrogens is 354 g/mol. The quantitative estimate of drug-likeness (QED) is 0.880. The van der Waals surface area contributed by atoms with Crippen LogP contribution >= 0.6 is 0 Å². The van der Waals surface area contributed by atoms with E-state index in [2.05, 4.69) is 20.2 Å². The SMILES string of the molecule is CN(C)C(=O)c1cncc(N2CCC3(CC2)C[C@H](c2ccccc2)C(=O)N3)n1. The Morgan fingerprint density at radius 2 is 1.89 bits per heavy atom. The second-order valence-electron chi connectivity index (χ2n) is 7.89. The predicted molar refractivity (Wildman–Crippen MR) is 106 cm³/mol. The summed E-state index contributed by atoms with van der Waals surface area (Å²) in [7, 11) is 3.40. The monoisotopic (exact) mass is 379 g/mol. The van der Waals surface area contributed by atoms with E-state index in [1.54, 1.807) is 20.3 Å². The maximum atomic E-state index is 12.6. The highest BCUT2D eigenvalue weighted by molar-refractivity contribution is 5.92. The zero-order valence-electron chi connectivity index (χ0n) is 16.3. The van der Waals surface area contributed by atoms with E-state index in [0.717, 1.165) is 37.9 Å². The molecule has 1 aromatic heterocycles. The Kier molecular flexibility index (Phi) is 4.75. The van der Waals surface area contributed by atoms with Crippen LogP contribution in [0.15, 0.2) is 42.7 Å². The first-order valence-corrected chi connectivity index (χ1v) is 9.63. The van der Waals surface area contributed by atoms with Crippen LogP contribution < -0.4 is 10.2 Å². The summed E-state index contributed by atoms with van der Waals surface area (Å²) in [6, 6.07) is 10.00. The molecule has 2 amide bonds. The summed E-state index contributed by atoms with van der Waals surface area (Å²) in [5.41, 5.74) is 1.28. The van der Waals surface area contributed by atoms with Crippen LogP contribution in [0.3, 0.4) is 0 Å². The van der Waals surface area contributed by atoms with Gasteiger partial charge in [-0.25, -0.2) is 4.98 Å². The van der Waals surface area contributed by atoms with Gasteiger partial charge in [-0.2, -0.15) is 0 Å². The number of piperidine rings is 1. The van der Waals surface area contributed by atoms with Crippen molar-refractivity contribution in [2.24, 2.45) is 0 Å². The highest BCUT2D eigenvalue weighted by Gasteiger charge is 2.46. The largest absolute Gasteiger partial charge is 0.355 e. The second kappa shape index (κ2) is 7.22. The molecule has 7 heteroatoms. The number of carbonyl (C=O) groups excluding carboxylic acids is 2. The van der Waals surface area contributed by atoms with Gasteiger partial charge in [0.15, 0.2) is 0 Å². The Labute approximate surface area is 164 Å². The average molecular weight is 379 g/mol. The topological polar surface area (TPSA) is 78.4 Å². The molecule has 2 fully saturated rings. The van der Waals surface area contributed by atoms with Gasteiger partial charge >= 0.3 is 0 Å². The molecule has 0 unspecified atom stereocenters. The van der Waals surface area contributed by atoms with Crippen molar-refractivity contribution in [3.8, 4) is 0 Å². The molecule has 2 aliphatic rings. The van der Waals surface area contributed by atoms with Gasteiger partial charge in [0.2, 0.25) is 5.91 Å². The molecule has 2 aliphatic heterocycles. The molecule has 1 aromatic carbocycles. The van der Waals surface area contributed by atoms with Crippen molar-refractivity contribution >= 4 is 17.6 Å². The van der Waals surface area contributed by atoms with E-state index in [-0.39, 0.29) is 23.3 Å². The van der Waals surface area contributed by atoms with Crippen LogP contribution in [0.2, 0.25) is 0 Å². The first kappa shape index (κ1) is 18.4. The van der Waals surface area contributed by atoms with Crippen molar-refractivity contribution in [2.45, 2.75) is 30.7 Å². The highest BCUT2D eigenvalue weighted by Crippen LogP contribution is 2.39. The molecule has 1 spiro atoms. The lowest BCUT2D eigenvalue weighted by Crippen LogP contribution is -2.51. The fourth-order valence-electron chi connectivity index (χ4n) is 4.17. The lowest BCUT2D eigenvalue weighted by molar-refractivity contribution is -0.121. The van der Waals surface area contributed by atoms with Crippen molar-refractivity contribution in [1.82, 2.24) is 20.2 Å². The van der Waals surface area contributed by atoms with Crippen LogP contribution in [0, 0.1) is 0 Å². The average Bonchev–Trinajstić information content (AvgIpc) is 3.04. The summed E-state index contributed by atoms with van der Waals surface area (Å²) in [5, 5.41) is 3.27. The molecule has 0 bridgehead atoms. The molecule has 7 nitrogen and oxygen atoms in total. The fraction of sp³-hybridized carbons (Fsp3) is 0.429. The van der Waals surface area contributed by atoms with E-state index < -0.39 is 0 Å². The Hall–Kier alpha value is -2.96. The summed E-state index contributed by atoms with van der Waals surface area (Å²) in [5.74, 6) is 0.606. The minimum atomic E-state index is -0.156. The van der Waals surface area contributed by atoms with E-state index >= 15 is 0 Å². The summed E-state index contributed by atoms with van der Waals surface area (Å²) >= 11 is 0. The summed E-state index contributed by atoms with van der Waals surface area (Å²) < 4.78 is 0. The Balaban J connectivity index is 1.45. The molecule has 2 aromatic rings. The molecule has 1 N–H and O–H groups in total. The molecule has 1 atom stereocenters. The molecule has 3 heterocycles. The van der Waals surface area contributed by atoms with Crippen molar-refractivity contribution < 1.29 is 9.59 Å². The van der Waals surface area contributed by atoms with Gasteiger partial charge in [-0.05, 0) is 24.8 Å². The summed E-state index contributed by atoms with van der Waals surface area (Å²) in [6.45, 7) is 1.55. The Morgan fingerprint density at radius 3 is 2.57 bits per heavy atom. The smallest absolute Gasteiger partial charge is 0.273 e. The molecule has 0 aliphatic carbocycles. The van der Waals surface area contributed by atoms with Crippen LogP contribution in [0.4, 0.5) is 5.82 Å². The van der Waals surface area contributed by atoms with Crippen LogP contribution in [0.5, 0.6) is 0 Å². The number of hydrogen-bond acceptors (Lipinski definition) is 5. The number of aromatic nitrogens is 2. The van der Waals surface area contributed by atoms with Gasteiger partial charge in [0, 0.05) is 32.7 Å². The lowest BCUT2D eigenvalue weighted by Gasteiger charge is -2.39. The number of anilines is 1. The fourth-order valence-corrected chi connectivity index (χ4v) is 4.17. The number of nitrogens with zero attached hydrogens (tertiary/aromatic N) is 4. The van der Waals surface area contributed by atoms with Crippen LogP contribution in [-0.2, 0) is 4.79 Å². The maximum absolute atomic E-state index is 12.6. The van der Waals surface area contributed by atoms with Crippen molar-refractivity contribution in [2.75, 3.05) is 32.1 Å². The minimum Gasteiger partial charge on any atom is -0.355 e. The van der Waals surface area contributed by atoms with Gasteiger partial charge in [0.25, 0.3) is 5.91 Å². The Bertz CT molecular complexity index is 875. The third-order valence-corrected chi connectivity index (χ3v) is 5.79. The zero-order valence-corrected chi connectivity index (χ0v) is 16.3. The third kappa shape index (κ3) is 3.44. The van der Waals surface area contributed by atoms with Gasteiger partial charge in [-0.15, -0.1) is 0 Å². The zero-order chi connectivity index (χ0) is 19.7. The number of hydrogen-bond donors (Lipinski definition) is 1. The molecular formula is C21H25N5O2. The van der Waals surface area contributed by atoms with Crippen molar-refractivity contribution in [3.05, 3.63) is 54.0 Å². The van der Waals surface area contributed by atoms with Crippen molar-refractivity contribution in [1.29, 1.82) is 0 Å². The van der Waals surface area contributed by atoms with E-state index in [9.17, 15) is 9.59 Å². The summed E-state index contributed by atoms with van der Waals surface area (Å²) in [6.07, 6.45) is 5.74. The minimum absolute atomic E-state index is 0.0754. The number of rotatable bonds is 3. The first-order chi connectivity index (χ1) is 13.5. The van der Waals surface area contributed by atoms with E-state index in [4.69, 9.17) is 0 Å². The Morgan fingerprint density at radius 1 is 1.18 bits per heavy atom. The predicted octanol–water partition coefficient (Wildman–Crippen LogP) is 1.82. The normalized spacial score (nSPS) is 20.9. The van der Waals surface area contributed by atoms with Crippen molar-refractivity contribution in [3.63, 3.8) is 0 Å². The van der Waals surface area contributed by atoms with Gasteiger partial charge in [-0.1, -0.05) is 30.3 Å². The summed E-state index contributed by atoms with van der Waals surface area (Å²) in [4.78, 5) is 37.1. The highest BCUT2D eigenvalue weighted by atomic mass is 16.2. The van der Waals surface area contributed by atoms with Gasteiger partial charge in [0.05, 0.1) is 18.3 Å². The molecule has 146 valence electrons. The molecule has 4 rings (SSSR count). The third-order valence-electron chi connectivity index (χ3n) is 5.79. The number of nitrogens with one attached hydrogen (secondary N) is 1. The number of carbonyl (C=O) groups is 2. The molecule has 0 saturated carbocycles. The van der Waals surface area contributed by atoms with Crippen LogP contribution in [0.1, 0.15) is 41.2 Å². The second-order valence-corrected chi connectivity index (χ2v) is 7.89. The standard InChI is InChI=1S/C21H25N5O2/c1-25(2)20(28)17-13-22-14-18(23-17)26-10-8-21(9-11-26)12-16(19(27)24-21)15-6-4-3-5-7-15/h3-7,13-14,16H,8-12H2,1-2H3,(H,24,27)/t16-/m1/s1. The molecule has 28 heavy (non-hydrogen) atoms. The number of benzene rings is 1. The van der Waals surface area contributed by atoms with Gasteiger partial charge < -0.3 is 15.1 Å². The first-order valence-electron chi connectivity index (χ1n) is 9.63. The van der Waals surface area contributed by atoms with Gasteiger partial charge in [0.1, 0.15) is 11.5 Å². The molecule has 2 saturated heterocycles. The van der Waals surface area contributed by atoms with E-state index in [1.807, 2.05) is 30.3 Å².